The predicted molar refractivity (Wildman–Crippen MR) is 47.5 cm³/mol. The Morgan fingerprint density at radius 2 is 1.89 bits per heavy atom. The first-order valence-corrected chi connectivity index (χ1v) is 3.71. The SMILES string of the molecule is I[N-]Cc1ccccc1. The van der Waals surface area contributed by atoms with Crippen molar-refractivity contribution in [2.45, 2.75) is 6.54 Å². The molecular formula is C7H7IN-. The van der Waals surface area contributed by atoms with E-state index < -0.39 is 0 Å². The summed E-state index contributed by atoms with van der Waals surface area (Å²) >= 11 is 2.02. The van der Waals surface area contributed by atoms with Crippen molar-refractivity contribution in [2.24, 2.45) is 0 Å². The maximum absolute atomic E-state index is 3.98. The van der Waals surface area contributed by atoms with Gasteiger partial charge in [0.2, 0.25) is 0 Å². The van der Waals surface area contributed by atoms with Crippen molar-refractivity contribution in [1.29, 1.82) is 0 Å². The van der Waals surface area contributed by atoms with Gasteiger partial charge in [0.1, 0.15) is 0 Å². The van der Waals surface area contributed by atoms with Gasteiger partial charge in [0, 0.05) is 0 Å². The molecule has 1 aromatic rings. The van der Waals surface area contributed by atoms with E-state index in [1.807, 2.05) is 41.1 Å². The summed E-state index contributed by atoms with van der Waals surface area (Å²) in [5, 5.41) is 0. The monoisotopic (exact) mass is 232 g/mol. The fraction of sp³-hybridized carbons (Fsp3) is 0.143. The minimum atomic E-state index is 0.821. The third-order valence-electron chi connectivity index (χ3n) is 1.09. The van der Waals surface area contributed by atoms with Gasteiger partial charge in [-0.3, -0.25) is 0 Å². The first-order valence-electron chi connectivity index (χ1n) is 2.75. The molecule has 0 spiro atoms. The van der Waals surface area contributed by atoms with E-state index in [0.717, 1.165) is 6.54 Å². The Kier molecular flexibility index (Phi) is 3.00. The highest BCUT2D eigenvalue weighted by Crippen LogP contribution is 2.07. The predicted octanol–water partition coefficient (Wildman–Crippen LogP) is 2.91. The Balaban J connectivity index is 2.61. The van der Waals surface area contributed by atoms with Gasteiger partial charge in [0.05, 0.1) is 0 Å². The molecule has 0 saturated heterocycles. The minimum Gasteiger partial charge on any atom is -0.597 e. The van der Waals surface area contributed by atoms with Crippen molar-refractivity contribution in [3.05, 3.63) is 39.4 Å². The Morgan fingerprint density at radius 3 is 2.44 bits per heavy atom. The highest BCUT2D eigenvalue weighted by atomic mass is 127. The zero-order valence-electron chi connectivity index (χ0n) is 4.92. The fourth-order valence-electron chi connectivity index (χ4n) is 0.652. The molecule has 0 bridgehead atoms. The summed E-state index contributed by atoms with van der Waals surface area (Å²) in [5.41, 5.74) is 1.27. The molecule has 1 rings (SSSR count). The fourth-order valence-corrected chi connectivity index (χ4v) is 1.05. The molecule has 0 atom stereocenters. The molecule has 1 aromatic carbocycles. The number of rotatable bonds is 2. The smallest absolute Gasteiger partial charge is 0.0608 e. The topological polar surface area (TPSA) is 14.1 Å². The van der Waals surface area contributed by atoms with Crippen LogP contribution in [0, 0.1) is 0 Å². The van der Waals surface area contributed by atoms with Crippen LogP contribution in [0.2, 0.25) is 0 Å². The van der Waals surface area contributed by atoms with Crippen molar-refractivity contribution in [1.82, 2.24) is 0 Å². The molecule has 0 aliphatic rings. The average molecular weight is 232 g/mol. The third kappa shape index (κ3) is 2.32. The van der Waals surface area contributed by atoms with Gasteiger partial charge in [-0.1, -0.05) is 35.9 Å². The van der Waals surface area contributed by atoms with Gasteiger partial charge >= 0.3 is 0 Å². The van der Waals surface area contributed by atoms with Crippen LogP contribution in [-0.4, -0.2) is 0 Å². The van der Waals surface area contributed by atoms with Gasteiger partial charge in [0.25, 0.3) is 0 Å². The first-order chi connectivity index (χ1) is 4.43. The molecule has 0 aromatic heterocycles. The van der Waals surface area contributed by atoms with Crippen molar-refractivity contribution >= 4 is 22.9 Å². The molecule has 0 aliphatic carbocycles. The summed E-state index contributed by atoms with van der Waals surface area (Å²) in [4.78, 5) is 0. The minimum absolute atomic E-state index is 0.821. The lowest BCUT2D eigenvalue weighted by atomic mass is 10.2. The number of halogens is 1. The summed E-state index contributed by atoms with van der Waals surface area (Å²) < 4.78 is 3.98. The van der Waals surface area contributed by atoms with Gasteiger partial charge in [-0.05, 0) is 0 Å². The number of hydrogen-bond acceptors (Lipinski definition) is 0. The standard InChI is InChI=1S/C7H7IN/c8-9-6-7-4-2-1-3-5-7/h1-5H,6H2/q-1. The zero-order chi connectivity index (χ0) is 6.53. The first kappa shape index (κ1) is 7.02. The maximum atomic E-state index is 3.98. The van der Waals surface area contributed by atoms with Crippen molar-refractivity contribution in [3.8, 4) is 0 Å². The second-order valence-electron chi connectivity index (χ2n) is 1.76. The molecule has 1 nitrogen and oxygen atoms in total. The van der Waals surface area contributed by atoms with E-state index in [-0.39, 0.29) is 0 Å². The second kappa shape index (κ2) is 3.85. The maximum Gasteiger partial charge on any atom is -0.0608 e. The van der Waals surface area contributed by atoms with Gasteiger partial charge in [0.15, 0.2) is 0 Å². The summed E-state index contributed by atoms with van der Waals surface area (Å²) in [6.07, 6.45) is 0. The Bertz CT molecular complexity index is 162. The van der Waals surface area contributed by atoms with Crippen LogP contribution in [0.3, 0.4) is 0 Å². The Morgan fingerprint density at radius 1 is 1.22 bits per heavy atom. The lowest BCUT2D eigenvalue weighted by Crippen LogP contribution is -1.75. The molecule has 0 N–H and O–H groups in total. The van der Waals surface area contributed by atoms with Crippen molar-refractivity contribution in [3.63, 3.8) is 0 Å². The van der Waals surface area contributed by atoms with Crippen LogP contribution < -0.4 is 0 Å². The van der Waals surface area contributed by atoms with Crippen LogP contribution in [0.4, 0.5) is 0 Å². The van der Waals surface area contributed by atoms with Crippen LogP contribution in [0.15, 0.2) is 30.3 Å². The van der Waals surface area contributed by atoms with Crippen molar-refractivity contribution < 1.29 is 0 Å². The van der Waals surface area contributed by atoms with E-state index >= 15 is 0 Å². The molecule has 0 aliphatic heterocycles. The molecule has 0 radical (unpaired) electrons. The van der Waals surface area contributed by atoms with Gasteiger partial charge < -0.3 is 3.53 Å². The third-order valence-corrected chi connectivity index (χ3v) is 1.43. The average Bonchev–Trinajstić information content (AvgIpc) is 1.91. The van der Waals surface area contributed by atoms with Gasteiger partial charge in [-0.25, -0.2) is 22.9 Å². The number of hydrogen-bond donors (Lipinski definition) is 0. The normalized spacial score (nSPS) is 9.44. The van der Waals surface area contributed by atoms with E-state index in [9.17, 15) is 0 Å². The summed E-state index contributed by atoms with van der Waals surface area (Å²) in [7, 11) is 0. The Hall–Kier alpha value is -0.0900. The summed E-state index contributed by atoms with van der Waals surface area (Å²) in [5.74, 6) is 0. The molecule has 2 heteroatoms. The van der Waals surface area contributed by atoms with Gasteiger partial charge in [-0.2, -0.15) is 0 Å². The molecule has 0 heterocycles. The van der Waals surface area contributed by atoms with E-state index in [1.165, 1.54) is 5.56 Å². The van der Waals surface area contributed by atoms with E-state index in [1.54, 1.807) is 0 Å². The van der Waals surface area contributed by atoms with Crippen LogP contribution in [0.5, 0.6) is 0 Å². The van der Waals surface area contributed by atoms with Gasteiger partial charge in [-0.15, -0.1) is 6.54 Å². The van der Waals surface area contributed by atoms with E-state index in [0.29, 0.717) is 0 Å². The van der Waals surface area contributed by atoms with Crippen LogP contribution in [0.1, 0.15) is 5.56 Å². The lowest BCUT2D eigenvalue weighted by Gasteiger charge is -2.07. The summed E-state index contributed by atoms with van der Waals surface area (Å²) in [6.45, 7) is 0.821. The van der Waals surface area contributed by atoms with Crippen LogP contribution in [-0.2, 0) is 6.54 Å². The molecule has 9 heavy (non-hydrogen) atoms. The largest absolute Gasteiger partial charge is 0.597 e. The number of nitrogens with zero attached hydrogens (tertiary/aromatic N) is 1. The molecule has 0 unspecified atom stereocenters. The Labute approximate surface area is 69.0 Å². The lowest BCUT2D eigenvalue weighted by molar-refractivity contribution is 1.28. The molecule has 0 amide bonds. The van der Waals surface area contributed by atoms with Crippen molar-refractivity contribution in [2.75, 3.05) is 0 Å². The van der Waals surface area contributed by atoms with E-state index in [4.69, 9.17) is 0 Å². The van der Waals surface area contributed by atoms with Crippen LogP contribution in [0.25, 0.3) is 3.53 Å². The number of benzene rings is 1. The van der Waals surface area contributed by atoms with E-state index in [2.05, 4.69) is 15.7 Å². The highest BCUT2D eigenvalue weighted by molar-refractivity contribution is 14.1. The zero-order valence-corrected chi connectivity index (χ0v) is 7.08. The molecule has 0 saturated carbocycles. The quantitative estimate of drug-likeness (QED) is 0.696. The van der Waals surface area contributed by atoms with Crippen LogP contribution >= 0.6 is 22.9 Å². The highest BCUT2D eigenvalue weighted by Gasteiger charge is 1.77. The molecular weight excluding hydrogens is 225 g/mol. The molecule has 0 fully saturated rings. The molecule has 48 valence electrons. The second-order valence-corrected chi connectivity index (χ2v) is 2.45. The summed E-state index contributed by atoms with van der Waals surface area (Å²) in [6, 6.07) is 10.2.